The van der Waals surface area contributed by atoms with Gasteiger partial charge in [0, 0.05) is 19.2 Å². The highest BCUT2D eigenvalue weighted by Crippen LogP contribution is 2.28. The number of anilines is 1. The van der Waals surface area contributed by atoms with Crippen molar-refractivity contribution in [2.75, 3.05) is 12.8 Å². The molecule has 1 unspecified atom stereocenters. The van der Waals surface area contributed by atoms with Crippen LogP contribution in [-0.4, -0.2) is 33.0 Å². The Morgan fingerprint density at radius 1 is 1.07 bits per heavy atom. The predicted molar refractivity (Wildman–Crippen MR) is 108 cm³/mol. The van der Waals surface area contributed by atoms with Crippen LogP contribution in [0, 0.1) is 0 Å². The minimum Gasteiger partial charge on any atom is -0.497 e. The number of rotatable bonds is 4. The lowest BCUT2D eigenvalue weighted by atomic mass is 10.0. The topological polar surface area (TPSA) is 99.6 Å². The van der Waals surface area contributed by atoms with Gasteiger partial charge in [0.1, 0.15) is 11.8 Å². The van der Waals surface area contributed by atoms with Crippen LogP contribution in [-0.2, 0) is 23.2 Å². The highest BCUT2D eigenvalue weighted by atomic mass is 16.5. The molecule has 0 radical (unpaired) electrons. The van der Waals surface area contributed by atoms with Crippen molar-refractivity contribution in [1.29, 1.82) is 0 Å². The number of carbonyl (C=O) groups excluding carboxylic acids is 2. The molecule has 1 aliphatic rings. The van der Waals surface area contributed by atoms with Crippen molar-refractivity contribution in [2.24, 2.45) is 7.05 Å². The second kappa shape index (κ2) is 7.12. The molecule has 1 atom stereocenters. The summed E-state index contributed by atoms with van der Waals surface area (Å²) in [5, 5.41) is 0. The maximum atomic E-state index is 13.2. The van der Waals surface area contributed by atoms with Gasteiger partial charge >= 0.3 is 5.69 Å². The Labute approximate surface area is 167 Å². The number of carbonyl (C=O) groups is 2. The zero-order chi connectivity index (χ0) is 20.7. The van der Waals surface area contributed by atoms with E-state index in [1.165, 1.54) is 14.0 Å². The van der Waals surface area contributed by atoms with Crippen LogP contribution in [0.15, 0.2) is 47.3 Å². The smallest absolute Gasteiger partial charge is 0.329 e. The average molecular weight is 394 g/mol. The van der Waals surface area contributed by atoms with Crippen molar-refractivity contribution in [3.05, 3.63) is 58.5 Å². The van der Waals surface area contributed by atoms with Crippen LogP contribution in [0.4, 0.5) is 5.69 Å². The Hall–Kier alpha value is -3.55. The van der Waals surface area contributed by atoms with Gasteiger partial charge in [-0.15, -0.1) is 0 Å². The SMILES string of the molecule is COc1ccc(CN2C(=O)CCC(n3c(=O)n(C)c4cc(N)ccc43)C2=O)cc1. The highest BCUT2D eigenvalue weighted by molar-refractivity contribution is 6.00. The standard InChI is InChI=1S/C21H22N4O4/c1-23-18-11-14(22)5-8-16(18)25(21(23)28)17-9-10-19(26)24(20(17)27)12-13-3-6-15(29-2)7-4-13/h3-8,11,17H,9-10,12,22H2,1-2H3. The van der Waals surface area contributed by atoms with Crippen molar-refractivity contribution in [3.8, 4) is 5.75 Å². The van der Waals surface area contributed by atoms with Gasteiger partial charge in [-0.2, -0.15) is 0 Å². The molecule has 0 spiro atoms. The quantitative estimate of drug-likeness (QED) is 0.538. The first-order chi connectivity index (χ1) is 13.9. The third-order valence-electron chi connectivity index (χ3n) is 5.41. The Morgan fingerprint density at radius 2 is 1.79 bits per heavy atom. The van der Waals surface area contributed by atoms with Gasteiger partial charge < -0.3 is 10.5 Å². The van der Waals surface area contributed by atoms with Crippen LogP contribution >= 0.6 is 0 Å². The third kappa shape index (κ3) is 3.16. The summed E-state index contributed by atoms with van der Waals surface area (Å²) < 4.78 is 8.10. The van der Waals surface area contributed by atoms with Crippen LogP contribution < -0.4 is 16.2 Å². The van der Waals surface area contributed by atoms with Gasteiger partial charge in [-0.1, -0.05) is 12.1 Å². The van der Waals surface area contributed by atoms with Crippen molar-refractivity contribution in [3.63, 3.8) is 0 Å². The summed E-state index contributed by atoms with van der Waals surface area (Å²) in [6.07, 6.45) is 0.491. The van der Waals surface area contributed by atoms with Crippen LogP contribution in [0.25, 0.3) is 11.0 Å². The predicted octanol–water partition coefficient (Wildman–Crippen LogP) is 1.82. The average Bonchev–Trinajstić information content (AvgIpc) is 2.96. The number of aryl methyl sites for hydroxylation is 1. The molecule has 4 rings (SSSR count). The number of nitrogen functional groups attached to an aromatic ring is 1. The molecule has 8 nitrogen and oxygen atoms in total. The Balaban J connectivity index is 1.70. The van der Waals surface area contributed by atoms with E-state index in [9.17, 15) is 14.4 Å². The second-order valence-corrected chi connectivity index (χ2v) is 7.18. The summed E-state index contributed by atoms with van der Waals surface area (Å²) in [5.74, 6) is 0.0904. The number of imide groups is 1. The monoisotopic (exact) mass is 394 g/mol. The second-order valence-electron chi connectivity index (χ2n) is 7.18. The summed E-state index contributed by atoms with van der Waals surface area (Å²) in [4.78, 5) is 39.8. The van der Waals surface area contributed by atoms with E-state index in [1.807, 2.05) is 12.1 Å². The molecule has 2 amide bonds. The van der Waals surface area contributed by atoms with Gasteiger partial charge in [0.25, 0.3) is 5.91 Å². The number of hydrogen-bond donors (Lipinski definition) is 1. The van der Waals surface area contributed by atoms with Crippen molar-refractivity contribution in [2.45, 2.75) is 25.4 Å². The van der Waals surface area contributed by atoms with E-state index in [2.05, 4.69) is 0 Å². The van der Waals surface area contributed by atoms with E-state index >= 15 is 0 Å². The Kier molecular flexibility index (Phi) is 4.62. The number of nitrogens with two attached hydrogens (primary N) is 1. The fourth-order valence-corrected chi connectivity index (χ4v) is 3.82. The molecule has 1 aliphatic heterocycles. The number of piperidine rings is 1. The van der Waals surface area contributed by atoms with Crippen LogP contribution in [0.5, 0.6) is 5.75 Å². The van der Waals surface area contributed by atoms with Crippen molar-refractivity contribution >= 4 is 28.5 Å². The molecule has 0 saturated carbocycles. The number of nitrogens with zero attached hydrogens (tertiary/aromatic N) is 3. The number of ether oxygens (including phenoxy) is 1. The number of fused-ring (bicyclic) bond motifs is 1. The molecule has 0 bridgehead atoms. The zero-order valence-corrected chi connectivity index (χ0v) is 16.3. The molecular weight excluding hydrogens is 372 g/mol. The largest absolute Gasteiger partial charge is 0.497 e. The number of amides is 2. The Bertz CT molecular complexity index is 1160. The lowest BCUT2D eigenvalue weighted by Crippen LogP contribution is -2.47. The lowest BCUT2D eigenvalue weighted by molar-refractivity contribution is -0.151. The first kappa shape index (κ1) is 18.8. The number of aromatic nitrogens is 2. The summed E-state index contributed by atoms with van der Waals surface area (Å²) in [6.45, 7) is 0.157. The highest BCUT2D eigenvalue weighted by Gasteiger charge is 2.37. The molecule has 3 aromatic rings. The van der Waals surface area contributed by atoms with E-state index in [1.54, 1.807) is 44.5 Å². The van der Waals surface area contributed by atoms with E-state index < -0.39 is 6.04 Å². The van der Waals surface area contributed by atoms with Gasteiger partial charge in [0.2, 0.25) is 5.91 Å². The van der Waals surface area contributed by atoms with Crippen molar-refractivity contribution < 1.29 is 14.3 Å². The summed E-state index contributed by atoms with van der Waals surface area (Å²) in [7, 11) is 3.22. The first-order valence-corrected chi connectivity index (χ1v) is 9.34. The summed E-state index contributed by atoms with van der Waals surface area (Å²) in [5.41, 5.74) is 8.18. The van der Waals surface area contributed by atoms with E-state index in [0.29, 0.717) is 28.9 Å². The molecule has 150 valence electrons. The third-order valence-corrected chi connectivity index (χ3v) is 5.41. The summed E-state index contributed by atoms with van der Waals surface area (Å²) >= 11 is 0. The molecule has 1 fully saturated rings. The van der Waals surface area contributed by atoms with E-state index in [4.69, 9.17) is 10.5 Å². The number of imidazole rings is 1. The maximum Gasteiger partial charge on any atom is 0.329 e. The molecule has 29 heavy (non-hydrogen) atoms. The molecule has 0 aliphatic carbocycles. The number of likely N-dealkylation sites (tertiary alicyclic amines) is 1. The van der Waals surface area contributed by atoms with E-state index in [-0.39, 0.29) is 30.5 Å². The fraction of sp³-hybridized carbons (Fsp3) is 0.286. The van der Waals surface area contributed by atoms with Gasteiger partial charge in [0.05, 0.1) is 24.7 Å². The van der Waals surface area contributed by atoms with Crippen LogP contribution in [0.3, 0.4) is 0 Å². The van der Waals surface area contributed by atoms with Crippen LogP contribution in [0.1, 0.15) is 24.4 Å². The molecule has 2 heterocycles. The van der Waals surface area contributed by atoms with Gasteiger partial charge in [-0.3, -0.25) is 23.6 Å². The molecule has 8 heteroatoms. The van der Waals surface area contributed by atoms with Crippen LogP contribution in [0.2, 0.25) is 0 Å². The Morgan fingerprint density at radius 3 is 2.48 bits per heavy atom. The molecule has 2 aromatic carbocycles. The first-order valence-electron chi connectivity index (χ1n) is 9.34. The van der Waals surface area contributed by atoms with Gasteiger partial charge in [-0.05, 0) is 42.3 Å². The van der Waals surface area contributed by atoms with Gasteiger partial charge in [0.15, 0.2) is 0 Å². The fourth-order valence-electron chi connectivity index (χ4n) is 3.82. The van der Waals surface area contributed by atoms with Gasteiger partial charge in [-0.25, -0.2) is 4.79 Å². The minimum absolute atomic E-state index is 0.157. The lowest BCUT2D eigenvalue weighted by Gasteiger charge is -2.31. The number of benzene rings is 2. The number of methoxy groups -OCH3 is 1. The molecule has 1 aromatic heterocycles. The van der Waals surface area contributed by atoms with Crippen molar-refractivity contribution in [1.82, 2.24) is 14.0 Å². The summed E-state index contributed by atoms with van der Waals surface area (Å²) in [6, 6.07) is 11.6. The minimum atomic E-state index is -0.731. The number of hydrogen-bond acceptors (Lipinski definition) is 5. The zero-order valence-electron chi connectivity index (χ0n) is 16.3. The molecule has 2 N–H and O–H groups in total. The molecular formula is C21H22N4O4. The molecule has 1 saturated heterocycles. The maximum absolute atomic E-state index is 13.2. The normalized spacial score (nSPS) is 17.2. The van der Waals surface area contributed by atoms with E-state index in [0.717, 1.165) is 5.56 Å².